The van der Waals surface area contributed by atoms with Gasteiger partial charge in [-0.3, -0.25) is 24.3 Å². The zero-order valence-corrected chi connectivity index (χ0v) is 16.6. The van der Waals surface area contributed by atoms with Crippen LogP contribution in [0.4, 0.5) is 5.69 Å². The normalized spacial score (nSPS) is 15.8. The van der Waals surface area contributed by atoms with Gasteiger partial charge in [0, 0.05) is 16.5 Å². The number of carbonyl (C=O) groups is 2. The summed E-state index contributed by atoms with van der Waals surface area (Å²) >= 11 is 0. The van der Waals surface area contributed by atoms with Crippen LogP contribution in [0.15, 0.2) is 29.1 Å². The number of aliphatic hydroxyl groups is 1. The first-order valence-electron chi connectivity index (χ1n) is 9.59. The van der Waals surface area contributed by atoms with E-state index in [1.807, 2.05) is 13.8 Å². The first kappa shape index (κ1) is 20.4. The molecule has 1 unspecified atom stereocenters. The fraction of sp³-hybridized carbons (Fsp3) is 0.238. The van der Waals surface area contributed by atoms with Crippen LogP contribution in [0, 0.1) is 10.1 Å². The van der Waals surface area contributed by atoms with Gasteiger partial charge in [0.15, 0.2) is 12.4 Å². The van der Waals surface area contributed by atoms with E-state index >= 15 is 0 Å². The van der Waals surface area contributed by atoms with Crippen LogP contribution < -0.4 is 5.56 Å². The zero-order chi connectivity index (χ0) is 22.4. The highest BCUT2D eigenvalue weighted by atomic mass is 16.6. The highest BCUT2D eigenvalue weighted by Gasteiger charge is 2.43. The summed E-state index contributed by atoms with van der Waals surface area (Å²) in [4.78, 5) is 52.3. The van der Waals surface area contributed by atoms with E-state index in [0.29, 0.717) is 22.8 Å². The van der Waals surface area contributed by atoms with Gasteiger partial charge < -0.3 is 9.84 Å². The Morgan fingerprint density at radius 1 is 1.26 bits per heavy atom. The number of fused-ring (bicyclic) bond motifs is 5. The molecule has 1 N–H and O–H groups in total. The van der Waals surface area contributed by atoms with Crippen LogP contribution >= 0.6 is 0 Å². The Labute approximate surface area is 174 Å². The largest absolute Gasteiger partial charge is 0.458 e. The maximum atomic E-state index is 13.0. The van der Waals surface area contributed by atoms with E-state index in [9.17, 15) is 29.6 Å². The minimum Gasteiger partial charge on any atom is -0.458 e. The van der Waals surface area contributed by atoms with Gasteiger partial charge in [-0.2, -0.15) is 0 Å². The smallest absolute Gasteiger partial charge is 0.340 e. The monoisotopic (exact) mass is 423 g/mol. The van der Waals surface area contributed by atoms with E-state index in [0.717, 1.165) is 4.57 Å². The van der Waals surface area contributed by atoms with Gasteiger partial charge in [0.25, 0.3) is 5.56 Å². The number of benzene rings is 1. The highest BCUT2D eigenvalue weighted by Crippen LogP contribution is 2.44. The number of para-hydroxylation sites is 1. The zero-order valence-electron chi connectivity index (χ0n) is 16.6. The molecule has 4 heterocycles. The van der Waals surface area contributed by atoms with Crippen molar-refractivity contribution < 1.29 is 24.4 Å². The Hall–Kier alpha value is -3.92. The van der Waals surface area contributed by atoms with E-state index in [4.69, 9.17) is 4.74 Å². The first-order chi connectivity index (χ1) is 14.9. The Kier molecular flexibility index (Phi) is 4.86. The molecule has 2 aromatic heterocycles. The lowest BCUT2D eigenvalue weighted by atomic mass is 9.97. The van der Waals surface area contributed by atoms with E-state index in [2.05, 4.69) is 4.98 Å². The number of aromatic nitrogens is 2. The van der Waals surface area contributed by atoms with Crippen LogP contribution in [0.1, 0.15) is 47.0 Å². The Morgan fingerprint density at radius 2 is 1.97 bits per heavy atom. The molecule has 1 atom stereocenters. The molecule has 158 valence electrons. The molecule has 5 rings (SSSR count). The number of pyridine rings is 2. The fourth-order valence-corrected chi connectivity index (χ4v) is 4.05. The summed E-state index contributed by atoms with van der Waals surface area (Å²) in [5.74, 6) is -1.07. The summed E-state index contributed by atoms with van der Waals surface area (Å²) in [6.45, 7) is 3.44. The second-order valence-electron chi connectivity index (χ2n) is 6.74. The third-order valence-corrected chi connectivity index (χ3v) is 5.31. The topological polar surface area (TPSA) is 142 Å². The second kappa shape index (κ2) is 7.40. The van der Waals surface area contributed by atoms with Crippen LogP contribution in [-0.2, 0) is 22.7 Å². The molecule has 31 heavy (non-hydrogen) atoms. The predicted octanol–water partition coefficient (Wildman–Crippen LogP) is 2.26. The van der Waals surface area contributed by atoms with Crippen molar-refractivity contribution in [1.29, 1.82) is 0 Å². The summed E-state index contributed by atoms with van der Waals surface area (Å²) in [5.41, 5.74) is -0.665. The standard InChI is InChI=1S/C19H11N3O7.C2H6/c23-6-10-8-3-1-2-4-12(8)20-14-9(10)5-21-16(14)15(22(27)28)13-11(18(21)25)7-29-19(26)17(13)24;1-2/h1-4,6,17,24H,5,7H2;1-2H3. The molecule has 0 saturated heterocycles. The van der Waals surface area contributed by atoms with Crippen LogP contribution in [0.2, 0.25) is 0 Å². The summed E-state index contributed by atoms with van der Waals surface area (Å²) in [6.07, 6.45) is -1.32. The number of cyclic esters (lactones) is 1. The van der Waals surface area contributed by atoms with Crippen molar-refractivity contribution in [3.8, 4) is 11.4 Å². The van der Waals surface area contributed by atoms with Crippen LogP contribution in [-0.4, -0.2) is 31.8 Å². The minimum absolute atomic E-state index is 0.0897. The van der Waals surface area contributed by atoms with Gasteiger partial charge >= 0.3 is 11.7 Å². The average Bonchev–Trinajstić information content (AvgIpc) is 3.15. The molecular formula is C21H17N3O7. The number of hydrogen-bond acceptors (Lipinski definition) is 8. The lowest BCUT2D eigenvalue weighted by Crippen LogP contribution is -2.33. The van der Waals surface area contributed by atoms with Crippen LogP contribution in [0.3, 0.4) is 0 Å². The van der Waals surface area contributed by atoms with Crippen molar-refractivity contribution in [2.75, 3.05) is 0 Å². The van der Waals surface area contributed by atoms with Crippen molar-refractivity contribution in [3.63, 3.8) is 0 Å². The van der Waals surface area contributed by atoms with E-state index in [1.54, 1.807) is 24.3 Å². The molecular weight excluding hydrogens is 406 g/mol. The molecule has 0 spiro atoms. The summed E-state index contributed by atoms with van der Waals surface area (Å²) in [7, 11) is 0. The number of esters is 1. The molecule has 1 aromatic carbocycles. The molecule has 10 heteroatoms. The van der Waals surface area contributed by atoms with E-state index in [1.165, 1.54) is 0 Å². The molecule has 2 aliphatic heterocycles. The van der Waals surface area contributed by atoms with Crippen molar-refractivity contribution in [1.82, 2.24) is 9.55 Å². The molecule has 0 amide bonds. The number of aliphatic hydroxyl groups excluding tert-OH is 1. The minimum atomic E-state index is -1.95. The predicted molar refractivity (Wildman–Crippen MR) is 109 cm³/mol. The van der Waals surface area contributed by atoms with Crippen molar-refractivity contribution >= 4 is 28.8 Å². The highest BCUT2D eigenvalue weighted by molar-refractivity contribution is 6.01. The van der Waals surface area contributed by atoms with E-state index in [-0.39, 0.29) is 34.6 Å². The molecule has 0 aliphatic carbocycles. The summed E-state index contributed by atoms with van der Waals surface area (Å²) < 4.78 is 5.93. The Bertz CT molecular complexity index is 1340. The van der Waals surface area contributed by atoms with Crippen molar-refractivity contribution in [2.24, 2.45) is 0 Å². The van der Waals surface area contributed by atoms with Crippen LogP contribution in [0.5, 0.6) is 0 Å². The quantitative estimate of drug-likeness (QED) is 0.224. The lowest BCUT2D eigenvalue weighted by Gasteiger charge is -2.21. The van der Waals surface area contributed by atoms with Gasteiger partial charge in [-0.05, 0) is 6.07 Å². The number of nitro groups is 1. The number of nitrogens with zero attached hydrogens (tertiary/aromatic N) is 3. The molecule has 3 aromatic rings. The third kappa shape index (κ3) is 2.76. The van der Waals surface area contributed by atoms with E-state index < -0.39 is 34.9 Å². The van der Waals surface area contributed by atoms with Gasteiger partial charge in [0.05, 0.1) is 28.1 Å². The number of hydrogen-bond donors (Lipinski definition) is 1. The maximum Gasteiger partial charge on any atom is 0.340 e. The lowest BCUT2D eigenvalue weighted by molar-refractivity contribution is -0.385. The van der Waals surface area contributed by atoms with Gasteiger partial charge in [0.1, 0.15) is 18.0 Å². The molecule has 0 bridgehead atoms. The average molecular weight is 423 g/mol. The summed E-state index contributed by atoms with van der Waals surface area (Å²) in [5, 5.41) is 22.7. The fourth-order valence-electron chi connectivity index (χ4n) is 4.05. The second-order valence-corrected chi connectivity index (χ2v) is 6.74. The molecule has 0 fully saturated rings. The Morgan fingerprint density at radius 3 is 2.65 bits per heavy atom. The number of rotatable bonds is 2. The Balaban J connectivity index is 0.00000112. The van der Waals surface area contributed by atoms with Gasteiger partial charge in [-0.1, -0.05) is 32.0 Å². The number of ether oxygens (including phenoxy) is 1. The maximum absolute atomic E-state index is 13.0. The molecule has 10 nitrogen and oxygen atoms in total. The van der Waals surface area contributed by atoms with Gasteiger partial charge in [0.2, 0.25) is 0 Å². The van der Waals surface area contributed by atoms with Crippen LogP contribution in [0.25, 0.3) is 22.3 Å². The molecule has 0 radical (unpaired) electrons. The first-order valence-corrected chi connectivity index (χ1v) is 9.59. The van der Waals surface area contributed by atoms with Crippen molar-refractivity contribution in [3.05, 3.63) is 67.0 Å². The molecule has 2 aliphatic rings. The molecule has 0 saturated carbocycles. The van der Waals surface area contributed by atoms with Gasteiger partial charge in [-0.15, -0.1) is 0 Å². The SMILES string of the molecule is CC.O=Cc1c2c(nc3ccccc13)-c1c([N+](=O)[O-])c3c(c(=O)n1C2)COC(=O)C3O. The number of carbonyl (C=O) groups excluding carboxylic acids is 2. The number of aldehydes is 1. The summed E-state index contributed by atoms with van der Waals surface area (Å²) in [6, 6.07) is 6.80. The van der Waals surface area contributed by atoms with Gasteiger partial charge in [-0.25, -0.2) is 9.78 Å². The third-order valence-electron chi connectivity index (χ3n) is 5.31. The van der Waals surface area contributed by atoms with Crippen molar-refractivity contribution in [2.45, 2.75) is 33.1 Å².